The number of nitrogens with zero attached hydrogens (tertiary/aromatic N) is 5. The van der Waals surface area contributed by atoms with E-state index in [1.165, 1.54) is 12.1 Å². The molecule has 9 heteroatoms. The molecule has 0 saturated carbocycles. The number of anilines is 2. The van der Waals surface area contributed by atoms with Gasteiger partial charge >= 0.3 is 6.09 Å². The Morgan fingerprint density at radius 1 is 1.17 bits per heavy atom. The first-order chi connectivity index (χ1) is 16.6. The Kier molecular flexibility index (Phi) is 5.65. The van der Waals surface area contributed by atoms with Gasteiger partial charge in [-0.15, -0.1) is 0 Å². The van der Waals surface area contributed by atoms with Gasteiger partial charge in [-0.1, -0.05) is 6.07 Å². The highest BCUT2D eigenvalue weighted by Crippen LogP contribution is 2.40. The number of benzene rings is 1. The van der Waals surface area contributed by atoms with Crippen LogP contribution in [0.15, 0.2) is 42.7 Å². The number of amides is 2. The van der Waals surface area contributed by atoms with E-state index in [-0.39, 0.29) is 23.9 Å². The molecule has 0 radical (unpaired) electrons. The zero-order chi connectivity index (χ0) is 24.9. The molecule has 1 atom stereocenters. The molecule has 2 aliphatic rings. The lowest BCUT2D eigenvalue weighted by molar-refractivity contribution is -0.122. The molecule has 2 aromatic heterocycles. The zero-order valence-electron chi connectivity index (χ0n) is 20.5. The minimum Gasteiger partial charge on any atom is -0.444 e. The average Bonchev–Trinajstić information content (AvgIpc) is 3.16. The van der Waals surface area contributed by atoms with Crippen LogP contribution in [-0.4, -0.2) is 64.3 Å². The Labute approximate surface area is 203 Å². The number of hydrogen-bond acceptors (Lipinski definition) is 5. The second-order valence-corrected chi connectivity index (χ2v) is 10.2. The number of aromatic nitrogens is 2. The lowest BCUT2D eigenvalue weighted by atomic mass is 10.1. The topological polar surface area (TPSA) is 70.9 Å². The predicted octanol–water partition coefficient (Wildman–Crippen LogP) is 4.35. The van der Waals surface area contributed by atoms with Crippen molar-refractivity contribution in [1.29, 1.82) is 0 Å². The molecule has 5 rings (SSSR count). The van der Waals surface area contributed by atoms with Crippen LogP contribution in [0, 0.1) is 5.82 Å². The van der Waals surface area contributed by atoms with Crippen molar-refractivity contribution < 1.29 is 18.7 Å². The van der Waals surface area contributed by atoms with Crippen molar-refractivity contribution in [3.63, 3.8) is 0 Å². The molecule has 2 amide bonds. The summed E-state index contributed by atoms with van der Waals surface area (Å²) in [6.07, 6.45) is 3.82. The molecule has 2 aliphatic heterocycles. The number of carbonyl (C=O) groups excluding carboxylic acids is 2. The minimum atomic E-state index is -0.552. The maximum Gasteiger partial charge on any atom is 0.410 e. The molecular weight excluding hydrogens is 449 g/mol. The fraction of sp³-hybridized carbons (Fsp3) is 0.423. The van der Waals surface area contributed by atoms with E-state index in [4.69, 9.17) is 9.72 Å². The second kappa shape index (κ2) is 8.55. The molecule has 0 N–H and O–H groups in total. The fourth-order valence-electron chi connectivity index (χ4n) is 4.74. The summed E-state index contributed by atoms with van der Waals surface area (Å²) >= 11 is 0. The Hall–Kier alpha value is -3.62. The van der Waals surface area contributed by atoms with E-state index in [2.05, 4.69) is 11.8 Å². The highest BCUT2D eigenvalue weighted by atomic mass is 19.1. The van der Waals surface area contributed by atoms with Crippen molar-refractivity contribution in [3.05, 3.63) is 48.5 Å². The van der Waals surface area contributed by atoms with E-state index in [1.807, 2.05) is 43.7 Å². The van der Waals surface area contributed by atoms with Crippen molar-refractivity contribution >= 4 is 34.4 Å². The number of hydrogen-bond donors (Lipinski definition) is 0. The molecule has 184 valence electrons. The van der Waals surface area contributed by atoms with Crippen LogP contribution in [0.4, 0.5) is 20.7 Å². The number of ether oxygens (including phenoxy) is 1. The van der Waals surface area contributed by atoms with Gasteiger partial charge in [0.1, 0.15) is 17.2 Å². The monoisotopic (exact) mass is 479 g/mol. The Morgan fingerprint density at radius 3 is 2.60 bits per heavy atom. The van der Waals surface area contributed by atoms with Gasteiger partial charge < -0.3 is 24.0 Å². The predicted molar refractivity (Wildman–Crippen MR) is 133 cm³/mol. The van der Waals surface area contributed by atoms with E-state index in [0.717, 1.165) is 22.4 Å². The van der Waals surface area contributed by atoms with Crippen LogP contribution in [0.5, 0.6) is 0 Å². The number of pyridine rings is 1. The number of β-lactam (4-membered cyclic amide) rings is 1. The molecule has 8 nitrogen and oxygen atoms in total. The maximum absolute atomic E-state index is 14.0. The number of rotatable bonds is 3. The number of halogens is 1. The molecule has 35 heavy (non-hydrogen) atoms. The van der Waals surface area contributed by atoms with Crippen molar-refractivity contribution in [1.82, 2.24) is 14.5 Å². The summed E-state index contributed by atoms with van der Waals surface area (Å²) in [5, 5.41) is 0.849. The quantitative estimate of drug-likeness (QED) is 0.523. The van der Waals surface area contributed by atoms with Gasteiger partial charge in [-0.05, 0) is 52.0 Å². The molecule has 0 aliphatic carbocycles. The van der Waals surface area contributed by atoms with Gasteiger partial charge in [-0.2, -0.15) is 0 Å². The molecule has 0 spiro atoms. The van der Waals surface area contributed by atoms with Crippen LogP contribution in [0.1, 0.15) is 34.1 Å². The minimum absolute atomic E-state index is 0.0215. The van der Waals surface area contributed by atoms with Gasteiger partial charge in [-0.25, -0.2) is 14.2 Å². The molecule has 2 fully saturated rings. The summed E-state index contributed by atoms with van der Waals surface area (Å²) in [6.45, 7) is 9.83. The van der Waals surface area contributed by atoms with Crippen molar-refractivity contribution in [2.75, 3.05) is 36.0 Å². The average molecular weight is 480 g/mol. The largest absolute Gasteiger partial charge is 0.444 e. The first-order valence-corrected chi connectivity index (χ1v) is 11.9. The van der Waals surface area contributed by atoms with Crippen molar-refractivity contribution in [3.8, 4) is 5.69 Å². The van der Waals surface area contributed by atoms with Gasteiger partial charge in [0.25, 0.3) is 0 Å². The summed E-state index contributed by atoms with van der Waals surface area (Å²) in [6, 6.07) is 8.26. The molecule has 0 unspecified atom stereocenters. The van der Waals surface area contributed by atoms with Gasteiger partial charge in [0, 0.05) is 56.7 Å². The number of fused-ring (bicyclic) bond motifs is 1. The van der Waals surface area contributed by atoms with Crippen LogP contribution >= 0.6 is 0 Å². The molecule has 2 saturated heterocycles. The van der Waals surface area contributed by atoms with Crippen LogP contribution in [0.2, 0.25) is 0 Å². The molecular formula is C26H30FN5O3. The Bertz CT molecular complexity index is 1300. The first kappa shape index (κ1) is 23.1. The van der Waals surface area contributed by atoms with Crippen LogP contribution in [0.3, 0.4) is 0 Å². The van der Waals surface area contributed by atoms with E-state index >= 15 is 0 Å². The van der Waals surface area contributed by atoms with E-state index < -0.39 is 5.60 Å². The smallest absolute Gasteiger partial charge is 0.410 e. The van der Waals surface area contributed by atoms with Gasteiger partial charge in [-0.3, -0.25) is 4.79 Å². The third-order valence-electron chi connectivity index (χ3n) is 6.45. The molecule has 0 bridgehead atoms. The third kappa shape index (κ3) is 4.31. The van der Waals surface area contributed by atoms with E-state index in [0.29, 0.717) is 38.3 Å². The molecule has 1 aromatic carbocycles. The summed E-state index contributed by atoms with van der Waals surface area (Å²) in [4.78, 5) is 35.4. The third-order valence-corrected chi connectivity index (χ3v) is 6.45. The standard InChI is InChI=1S/C26H30FN5O3/c1-17-15-29(25(34)35-26(2,3)4)12-13-30(17)24-23-20(8-10-28-24)32(19-7-5-6-18(27)14-19)16-21(23)31-11-9-22(31)33/h5-8,10,14,16-17H,9,11-13,15H2,1-4H3/t17-/m0/s1. The number of carbonyl (C=O) groups is 2. The fourth-order valence-corrected chi connectivity index (χ4v) is 4.74. The second-order valence-electron chi connectivity index (χ2n) is 10.2. The van der Waals surface area contributed by atoms with Crippen LogP contribution in [0.25, 0.3) is 16.6 Å². The van der Waals surface area contributed by atoms with Crippen molar-refractivity contribution in [2.45, 2.75) is 45.8 Å². The lowest BCUT2D eigenvalue weighted by Gasteiger charge is -2.41. The molecule has 4 heterocycles. The van der Waals surface area contributed by atoms with E-state index in [1.54, 1.807) is 22.1 Å². The SMILES string of the molecule is C[C@H]1CN(C(=O)OC(C)(C)C)CCN1c1nccc2c1c(N1CCC1=O)cn2-c1cccc(F)c1. The normalized spacial score (nSPS) is 18.7. The lowest BCUT2D eigenvalue weighted by Crippen LogP contribution is -2.55. The Balaban J connectivity index is 1.54. The van der Waals surface area contributed by atoms with Gasteiger partial charge in [0.05, 0.1) is 16.6 Å². The summed E-state index contributed by atoms with van der Waals surface area (Å²) in [5.41, 5.74) is 1.74. The Morgan fingerprint density at radius 2 is 1.97 bits per heavy atom. The summed E-state index contributed by atoms with van der Waals surface area (Å²) < 4.78 is 21.5. The number of piperazine rings is 1. The van der Waals surface area contributed by atoms with Crippen LogP contribution < -0.4 is 9.80 Å². The maximum atomic E-state index is 14.0. The van der Waals surface area contributed by atoms with Crippen LogP contribution in [-0.2, 0) is 9.53 Å². The first-order valence-electron chi connectivity index (χ1n) is 11.9. The summed E-state index contributed by atoms with van der Waals surface area (Å²) in [7, 11) is 0. The highest BCUT2D eigenvalue weighted by molar-refractivity contribution is 6.11. The van der Waals surface area contributed by atoms with Gasteiger partial charge in [0.2, 0.25) is 5.91 Å². The molecule has 3 aromatic rings. The highest BCUT2D eigenvalue weighted by Gasteiger charge is 2.34. The van der Waals surface area contributed by atoms with Crippen molar-refractivity contribution in [2.24, 2.45) is 0 Å². The van der Waals surface area contributed by atoms with E-state index in [9.17, 15) is 14.0 Å². The van der Waals surface area contributed by atoms with Gasteiger partial charge in [0.15, 0.2) is 0 Å². The zero-order valence-corrected chi connectivity index (χ0v) is 20.5. The summed E-state index contributed by atoms with van der Waals surface area (Å²) in [5.74, 6) is 0.483.